The average molecular weight is 412 g/mol. The predicted molar refractivity (Wildman–Crippen MR) is 101 cm³/mol. The molecule has 2 rings (SSSR count). The van der Waals surface area contributed by atoms with Crippen LogP contribution in [0.1, 0.15) is 32.3 Å². The van der Waals surface area contributed by atoms with Crippen molar-refractivity contribution >= 4 is 27.4 Å². The number of sulfone groups is 1. The lowest BCUT2D eigenvalue weighted by Gasteiger charge is -2.33. The number of carbonyl (C=O) groups is 2. The van der Waals surface area contributed by atoms with Gasteiger partial charge in [-0.2, -0.15) is 0 Å². The number of carbonyl (C=O) groups excluding carboxylic acids is 2. The Balaban J connectivity index is 2.00. The lowest BCUT2D eigenvalue weighted by atomic mass is 10.1. The summed E-state index contributed by atoms with van der Waals surface area (Å²) in [5, 5.41) is 11.0. The quantitative estimate of drug-likeness (QED) is 0.360. The van der Waals surface area contributed by atoms with Gasteiger partial charge < -0.3 is 9.64 Å². The molecule has 2 unspecified atom stereocenters. The highest BCUT2D eigenvalue weighted by atomic mass is 32.2. The number of para-hydroxylation sites is 1. The molecule has 1 aliphatic rings. The van der Waals surface area contributed by atoms with Crippen molar-refractivity contribution in [2.45, 2.75) is 45.2 Å². The molecule has 0 aromatic heterocycles. The van der Waals surface area contributed by atoms with Crippen molar-refractivity contribution < 1.29 is 27.7 Å². The molecule has 10 heteroatoms. The molecule has 1 amide bonds. The molecular weight excluding hydrogens is 388 g/mol. The summed E-state index contributed by atoms with van der Waals surface area (Å²) in [5.41, 5.74) is 0.00814. The Hall–Kier alpha value is -2.49. The minimum atomic E-state index is -3.17. The van der Waals surface area contributed by atoms with E-state index in [2.05, 4.69) is 0 Å². The van der Waals surface area contributed by atoms with Gasteiger partial charge in [-0.05, 0) is 19.8 Å². The second-order valence-corrected chi connectivity index (χ2v) is 9.07. The van der Waals surface area contributed by atoms with Gasteiger partial charge in [-0.3, -0.25) is 19.7 Å². The minimum Gasteiger partial charge on any atom is -0.455 e. The summed E-state index contributed by atoms with van der Waals surface area (Å²) in [4.78, 5) is 36.6. The van der Waals surface area contributed by atoms with Crippen LogP contribution in [0.15, 0.2) is 24.3 Å². The second kappa shape index (κ2) is 9.13. The van der Waals surface area contributed by atoms with E-state index in [1.807, 2.05) is 13.8 Å². The molecule has 0 aliphatic carbocycles. The molecule has 28 heavy (non-hydrogen) atoms. The van der Waals surface area contributed by atoms with Gasteiger partial charge in [0.05, 0.1) is 22.8 Å². The zero-order valence-electron chi connectivity index (χ0n) is 15.9. The maximum Gasteiger partial charge on any atom is 0.311 e. The fourth-order valence-corrected chi connectivity index (χ4v) is 4.97. The smallest absolute Gasteiger partial charge is 0.311 e. The summed E-state index contributed by atoms with van der Waals surface area (Å²) in [5.74, 6) is -1.28. The van der Waals surface area contributed by atoms with Crippen molar-refractivity contribution in [2.24, 2.45) is 0 Å². The number of nitro benzene ring substituents is 1. The van der Waals surface area contributed by atoms with Crippen LogP contribution in [0, 0.1) is 10.1 Å². The van der Waals surface area contributed by atoms with Crippen LogP contribution in [-0.4, -0.2) is 60.3 Å². The topological polar surface area (TPSA) is 124 Å². The van der Waals surface area contributed by atoms with Gasteiger partial charge in [-0.25, -0.2) is 8.42 Å². The first-order valence-corrected chi connectivity index (χ1v) is 10.9. The standard InChI is InChI=1S/C18H24N2O7S/c1-3-13(2)19(15-8-9-28(25,26)12-15)17(21)11-27-18(22)10-14-6-4-5-7-16(14)20(23)24/h4-7,13,15H,3,8-12H2,1-2H3. The Morgan fingerprint density at radius 3 is 2.61 bits per heavy atom. The summed E-state index contributed by atoms with van der Waals surface area (Å²) < 4.78 is 28.5. The van der Waals surface area contributed by atoms with Crippen LogP contribution in [0.25, 0.3) is 0 Å². The van der Waals surface area contributed by atoms with E-state index in [0.717, 1.165) is 0 Å². The zero-order valence-corrected chi connectivity index (χ0v) is 16.7. The Labute approximate surface area is 163 Å². The first-order valence-electron chi connectivity index (χ1n) is 9.04. The van der Waals surface area contributed by atoms with Crippen molar-refractivity contribution in [1.82, 2.24) is 4.90 Å². The van der Waals surface area contributed by atoms with E-state index < -0.39 is 39.3 Å². The number of rotatable bonds is 8. The van der Waals surface area contributed by atoms with Crippen molar-refractivity contribution in [3.63, 3.8) is 0 Å². The van der Waals surface area contributed by atoms with Crippen molar-refractivity contribution in [2.75, 3.05) is 18.1 Å². The molecule has 1 saturated heterocycles. The lowest BCUT2D eigenvalue weighted by molar-refractivity contribution is -0.385. The zero-order chi connectivity index (χ0) is 20.9. The molecule has 0 spiro atoms. The molecule has 154 valence electrons. The van der Waals surface area contributed by atoms with E-state index in [4.69, 9.17) is 4.74 Å². The van der Waals surface area contributed by atoms with Crippen LogP contribution in [0.3, 0.4) is 0 Å². The van der Waals surface area contributed by atoms with E-state index in [-0.39, 0.29) is 35.2 Å². The number of hydrogen-bond acceptors (Lipinski definition) is 7. The SMILES string of the molecule is CCC(C)N(C(=O)COC(=O)Cc1ccccc1[N+](=O)[O-])C1CCS(=O)(=O)C1. The van der Waals surface area contributed by atoms with E-state index in [0.29, 0.717) is 12.8 Å². The summed E-state index contributed by atoms with van der Waals surface area (Å²) in [6, 6.07) is 5.19. The third kappa shape index (κ3) is 5.51. The van der Waals surface area contributed by atoms with E-state index >= 15 is 0 Å². The van der Waals surface area contributed by atoms with Crippen molar-refractivity contribution in [3.8, 4) is 0 Å². The van der Waals surface area contributed by atoms with Gasteiger partial charge in [0, 0.05) is 23.7 Å². The number of hydrogen-bond donors (Lipinski definition) is 0. The van der Waals surface area contributed by atoms with Crippen molar-refractivity contribution in [1.29, 1.82) is 0 Å². The van der Waals surface area contributed by atoms with E-state index in [1.54, 1.807) is 6.07 Å². The normalized spacial score (nSPS) is 19.0. The Morgan fingerprint density at radius 1 is 1.36 bits per heavy atom. The maximum atomic E-state index is 12.6. The molecule has 0 saturated carbocycles. The van der Waals surface area contributed by atoms with Crippen LogP contribution < -0.4 is 0 Å². The molecule has 1 heterocycles. The minimum absolute atomic E-state index is 0.0370. The largest absolute Gasteiger partial charge is 0.455 e. The lowest BCUT2D eigenvalue weighted by Crippen LogP contribution is -2.48. The molecule has 2 atom stereocenters. The number of ether oxygens (including phenoxy) is 1. The molecule has 0 radical (unpaired) electrons. The summed E-state index contributed by atoms with van der Waals surface area (Å²) in [7, 11) is -3.17. The van der Waals surface area contributed by atoms with Gasteiger partial charge in [0.25, 0.3) is 11.6 Å². The van der Waals surface area contributed by atoms with Crippen LogP contribution in [0.5, 0.6) is 0 Å². The summed E-state index contributed by atoms with van der Waals surface area (Å²) in [6.07, 6.45) is 0.667. The predicted octanol–water partition coefficient (Wildman–Crippen LogP) is 1.49. The number of nitro groups is 1. The fraction of sp³-hybridized carbons (Fsp3) is 0.556. The monoisotopic (exact) mass is 412 g/mol. The highest BCUT2D eigenvalue weighted by molar-refractivity contribution is 7.91. The molecule has 0 bridgehead atoms. The molecule has 9 nitrogen and oxygen atoms in total. The highest BCUT2D eigenvalue weighted by Gasteiger charge is 2.36. The average Bonchev–Trinajstić information content (AvgIpc) is 2.99. The third-order valence-corrected chi connectivity index (χ3v) is 6.59. The molecule has 0 N–H and O–H groups in total. The van der Waals surface area contributed by atoms with Crippen LogP contribution >= 0.6 is 0 Å². The Kier molecular flexibility index (Phi) is 7.11. The summed E-state index contributed by atoms with van der Waals surface area (Å²) in [6.45, 7) is 3.17. The molecule has 1 aliphatic heterocycles. The number of esters is 1. The highest BCUT2D eigenvalue weighted by Crippen LogP contribution is 2.22. The first kappa shape index (κ1) is 21.8. The van der Waals surface area contributed by atoms with Crippen LogP contribution in [0.4, 0.5) is 5.69 Å². The maximum absolute atomic E-state index is 12.6. The second-order valence-electron chi connectivity index (χ2n) is 6.84. The summed E-state index contributed by atoms with van der Waals surface area (Å²) >= 11 is 0. The van der Waals surface area contributed by atoms with E-state index in [9.17, 15) is 28.1 Å². The Morgan fingerprint density at radius 2 is 2.04 bits per heavy atom. The number of nitrogens with zero attached hydrogens (tertiary/aromatic N) is 2. The van der Waals surface area contributed by atoms with Gasteiger partial charge in [0.15, 0.2) is 16.4 Å². The van der Waals surface area contributed by atoms with Crippen LogP contribution in [0.2, 0.25) is 0 Å². The van der Waals surface area contributed by atoms with E-state index in [1.165, 1.54) is 23.1 Å². The first-order chi connectivity index (χ1) is 13.1. The Bertz CT molecular complexity index is 853. The molecule has 1 aromatic carbocycles. The third-order valence-electron chi connectivity index (χ3n) is 4.84. The number of amides is 1. The van der Waals surface area contributed by atoms with Crippen molar-refractivity contribution in [3.05, 3.63) is 39.9 Å². The van der Waals surface area contributed by atoms with Gasteiger partial charge in [0.1, 0.15) is 0 Å². The molecule has 1 fully saturated rings. The van der Waals surface area contributed by atoms with Crippen LogP contribution in [-0.2, 0) is 30.6 Å². The van der Waals surface area contributed by atoms with Gasteiger partial charge in [-0.1, -0.05) is 25.1 Å². The van der Waals surface area contributed by atoms with Gasteiger partial charge in [-0.15, -0.1) is 0 Å². The molecular formula is C18H24N2O7S. The van der Waals surface area contributed by atoms with Gasteiger partial charge in [0.2, 0.25) is 0 Å². The molecule has 1 aromatic rings. The fourth-order valence-electron chi connectivity index (χ4n) is 3.26. The number of benzene rings is 1. The van der Waals surface area contributed by atoms with Gasteiger partial charge >= 0.3 is 5.97 Å².